The smallest absolute Gasteiger partial charge is 0.329 e. The predicted molar refractivity (Wildman–Crippen MR) is 111 cm³/mol. The molecule has 0 aliphatic carbocycles. The fourth-order valence-corrected chi connectivity index (χ4v) is 3.31. The van der Waals surface area contributed by atoms with Gasteiger partial charge in [0.2, 0.25) is 11.8 Å². The monoisotopic (exact) mass is 403 g/mol. The van der Waals surface area contributed by atoms with E-state index in [0.717, 1.165) is 12.0 Å². The highest BCUT2D eigenvalue weighted by molar-refractivity contribution is 5.92. The van der Waals surface area contributed by atoms with Crippen LogP contribution in [0.25, 0.3) is 0 Å². The maximum absolute atomic E-state index is 13.3. The molecule has 3 atom stereocenters. The molecule has 0 bridgehead atoms. The molecule has 2 rings (SSSR count). The molecule has 0 spiro atoms. The van der Waals surface area contributed by atoms with E-state index in [2.05, 4.69) is 10.6 Å². The lowest BCUT2D eigenvalue weighted by molar-refractivity contribution is -0.156. The summed E-state index contributed by atoms with van der Waals surface area (Å²) >= 11 is 0. The molecule has 1 saturated heterocycles. The topological polar surface area (TPSA) is 87.7 Å². The number of rotatable bonds is 7. The van der Waals surface area contributed by atoms with Crippen molar-refractivity contribution in [2.75, 3.05) is 13.6 Å². The summed E-state index contributed by atoms with van der Waals surface area (Å²) < 4.78 is 5.46. The Morgan fingerprint density at radius 3 is 2.45 bits per heavy atom. The van der Waals surface area contributed by atoms with Crippen LogP contribution in [-0.2, 0) is 25.7 Å². The second-order valence-corrected chi connectivity index (χ2v) is 8.60. The van der Waals surface area contributed by atoms with E-state index in [1.54, 1.807) is 18.9 Å². The molecule has 0 unspecified atom stereocenters. The SMILES string of the molecule is CN[C@@H](C)C(=O)N[C@H](C(=O)N1CCC[C@H]1C(=O)OCc1ccccc1)C(C)(C)C. The summed E-state index contributed by atoms with van der Waals surface area (Å²) in [6, 6.07) is 7.69. The summed E-state index contributed by atoms with van der Waals surface area (Å²) in [5, 5.41) is 5.74. The average molecular weight is 404 g/mol. The number of amides is 2. The van der Waals surface area contributed by atoms with Crippen molar-refractivity contribution < 1.29 is 19.1 Å². The highest BCUT2D eigenvalue weighted by atomic mass is 16.5. The van der Waals surface area contributed by atoms with Gasteiger partial charge in [-0.05, 0) is 37.8 Å². The number of ether oxygens (including phenoxy) is 1. The fourth-order valence-electron chi connectivity index (χ4n) is 3.31. The van der Waals surface area contributed by atoms with Gasteiger partial charge in [0, 0.05) is 6.54 Å². The minimum atomic E-state index is -0.728. The summed E-state index contributed by atoms with van der Waals surface area (Å²) in [7, 11) is 1.69. The number of likely N-dealkylation sites (tertiary alicyclic amines) is 1. The molecule has 29 heavy (non-hydrogen) atoms. The minimum Gasteiger partial charge on any atom is -0.459 e. The van der Waals surface area contributed by atoms with Gasteiger partial charge in [0.15, 0.2) is 0 Å². The van der Waals surface area contributed by atoms with Gasteiger partial charge in [0.1, 0.15) is 18.7 Å². The van der Waals surface area contributed by atoms with Gasteiger partial charge in [-0.3, -0.25) is 9.59 Å². The number of esters is 1. The first kappa shape index (κ1) is 22.9. The number of hydrogen-bond acceptors (Lipinski definition) is 5. The lowest BCUT2D eigenvalue weighted by Crippen LogP contribution is -2.58. The highest BCUT2D eigenvalue weighted by Crippen LogP contribution is 2.26. The highest BCUT2D eigenvalue weighted by Gasteiger charge is 2.42. The Bertz CT molecular complexity index is 715. The van der Waals surface area contributed by atoms with Crippen molar-refractivity contribution in [2.45, 2.75) is 65.3 Å². The van der Waals surface area contributed by atoms with E-state index in [4.69, 9.17) is 4.74 Å². The van der Waals surface area contributed by atoms with Gasteiger partial charge in [-0.25, -0.2) is 4.79 Å². The molecule has 7 heteroatoms. The van der Waals surface area contributed by atoms with Crippen LogP contribution in [0.4, 0.5) is 0 Å². The molecule has 1 aromatic rings. The van der Waals surface area contributed by atoms with Gasteiger partial charge >= 0.3 is 5.97 Å². The van der Waals surface area contributed by atoms with Crippen LogP contribution in [0, 0.1) is 5.41 Å². The minimum absolute atomic E-state index is 0.178. The van der Waals surface area contributed by atoms with Crippen LogP contribution in [0.1, 0.15) is 46.1 Å². The van der Waals surface area contributed by atoms with E-state index < -0.39 is 29.5 Å². The van der Waals surface area contributed by atoms with Crippen LogP contribution in [0.2, 0.25) is 0 Å². The van der Waals surface area contributed by atoms with Gasteiger partial charge in [-0.15, -0.1) is 0 Å². The fraction of sp³-hybridized carbons (Fsp3) is 0.591. The zero-order chi connectivity index (χ0) is 21.6. The normalized spacial score (nSPS) is 18.8. The van der Waals surface area contributed by atoms with E-state index in [1.807, 2.05) is 51.1 Å². The third-order valence-electron chi connectivity index (χ3n) is 5.26. The van der Waals surface area contributed by atoms with Gasteiger partial charge in [-0.1, -0.05) is 51.1 Å². The number of nitrogens with one attached hydrogen (secondary N) is 2. The first-order valence-corrected chi connectivity index (χ1v) is 10.1. The zero-order valence-electron chi connectivity index (χ0n) is 18.0. The average Bonchev–Trinajstić information content (AvgIpc) is 3.18. The van der Waals surface area contributed by atoms with E-state index in [0.29, 0.717) is 13.0 Å². The van der Waals surface area contributed by atoms with E-state index in [9.17, 15) is 14.4 Å². The van der Waals surface area contributed by atoms with Crippen LogP contribution in [0.15, 0.2) is 30.3 Å². The second-order valence-electron chi connectivity index (χ2n) is 8.60. The van der Waals surface area contributed by atoms with Crippen LogP contribution < -0.4 is 10.6 Å². The van der Waals surface area contributed by atoms with Crippen LogP contribution >= 0.6 is 0 Å². The molecule has 7 nitrogen and oxygen atoms in total. The third-order valence-corrected chi connectivity index (χ3v) is 5.26. The van der Waals surface area contributed by atoms with Crippen molar-refractivity contribution in [1.29, 1.82) is 0 Å². The molecule has 2 amide bonds. The predicted octanol–water partition coefficient (Wildman–Crippen LogP) is 1.86. The number of hydrogen-bond donors (Lipinski definition) is 2. The molecule has 1 aliphatic heterocycles. The number of carbonyl (C=O) groups excluding carboxylic acids is 3. The number of carbonyl (C=O) groups is 3. The van der Waals surface area contributed by atoms with E-state index in [1.165, 1.54) is 0 Å². The van der Waals surface area contributed by atoms with Crippen molar-refractivity contribution in [2.24, 2.45) is 5.41 Å². The molecule has 1 heterocycles. The van der Waals surface area contributed by atoms with Crippen molar-refractivity contribution >= 4 is 17.8 Å². The van der Waals surface area contributed by atoms with E-state index in [-0.39, 0.29) is 18.4 Å². The standard InChI is InChI=1S/C22H33N3O4/c1-15(23-5)19(26)24-18(22(2,3)4)20(27)25-13-9-12-17(25)21(28)29-14-16-10-7-6-8-11-16/h6-8,10-11,15,17-18,23H,9,12-14H2,1-5H3,(H,24,26)/t15-,17-,18+/m0/s1. The lowest BCUT2D eigenvalue weighted by atomic mass is 9.85. The molecule has 1 aromatic carbocycles. The summed E-state index contributed by atoms with van der Waals surface area (Å²) in [6.07, 6.45) is 1.30. The Morgan fingerprint density at radius 2 is 1.86 bits per heavy atom. The Labute approximate surface area is 173 Å². The van der Waals surface area contributed by atoms with Crippen molar-refractivity contribution in [3.05, 3.63) is 35.9 Å². The van der Waals surface area contributed by atoms with E-state index >= 15 is 0 Å². The van der Waals surface area contributed by atoms with Crippen molar-refractivity contribution in [1.82, 2.24) is 15.5 Å². The molecular weight excluding hydrogens is 370 g/mol. The quantitative estimate of drug-likeness (QED) is 0.679. The zero-order valence-corrected chi connectivity index (χ0v) is 18.0. The van der Waals surface area contributed by atoms with Gasteiger partial charge < -0.3 is 20.3 Å². The summed E-state index contributed by atoms with van der Waals surface area (Å²) in [6.45, 7) is 8.10. The Kier molecular flexibility index (Phi) is 7.79. The number of nitrogens with zero attached hydrogens (tertiary/aromatic N) is 1. The summed E-state index contributed by atoms with van der Waals surface area (Å²) in [5.41, 5.74) is 0.402. The molecule has 2 N–H and O–H groups in total. The van der Waals surface area contributed by atoms with Gasteiger partial charge in [0.05, 0.1) is 6.04 Å². The first-order valence-electron chi connectivity index (χ1n) is 10.1. The van der Waals surface area contributed by atoms with Gasteiger partial charge in [-0.2, -0.15) is 0 Å². The molecule has 1 aliphatic rings. The van der Waals surface area contributed by atoms with Crippen molar-refractivity contribution in [3.63, 3.8) is 0 Å². The maximum atomic E-state index is 13.3. The second kappa shape index (κ2) is 9.87. The van der Waals surface area contributed by atoms with Gasteiger partial charge in [0.25, 0.3) is 0 Å². The van der Waals surface area contributed by atoms with Crippen LogP contribution in [0.5, 0.6) is 0 Å². The Morgan fingerprint density at radius 1 is 1.21 bits per heavy atom. The Balaban J connectivity index is 2.08. The van der Waals surface area contributed by atoms with Crippen LogP contribution in [0.3, 0.4) is 0 Å². The lowest BCUT2D eigenvalue weighted by Gasteiger charge is -2.35. The van der Waals surface area contributed by atoms with Crippen LogP contribution in [-0.4, -0.2) is 54.4 Å². The molecular formula is C22H33N3O4. The molecule has 160 valence electrons. The van der Waals surface area contributed by atoms with Crippen molar-refractivity contribution in [3.8, 4) is 0 Å². The first-order chi connectivity index (χ1) is 13.6. The molecule has 0 radical (unpaired) electrons. The summed E-state index contributed by atoms with van der Waals surface area (Å²) in [5.74, 6) is -0.890. The maximum Gasteiger partial charge on any atom is 0.329 e. The molecule has 1 fully saturated rings. The molecule has 0 aromatic heterocycles. The largest absolute Gasteiger partial charge is 0.459 e. The number of likely N-dealkylation sites (N-methyl/N-ethyl adjacent to an activating group) is 1. The summed E-state index contributed by atoms with van der Waals surface area (Å²) in [4.78, 5) is 39.9. The molecule has 0 saturated carbocycles. The third kappa shape index (κ3) is 6.03. The number of benzene rings is 1. The Hall–Kier alpha value is -2.41.